The molecule has 3 N–H and O–H groups in total. The van der Waals surface area contributed by atoms with Gasteiger partial charge in [0.1, 0.15) is 11.4 Å². The molecule has 0 saturated carbocycles. The Hall–Kier alpha value is -2.06. The highest BCUT2D eigenvalue weighted by Gasteiger charge is 2.15. The van der Waals surface area contributed by atoms with Crippen LogP contribution in [0.25, 0.3) is 0 Å². The number of amides is 1. The highest BCUT2D eigenvalue weighted by atomic mass is 19.1. The highest BCUT2D eigenvalue weighted by Crippen LogP contribution is 2.09. The van der Waals surface area contributed by atoms with Gasteiger partial charge in [-0.25, -0.2) is 9.18 Å². The fraction of sp³-hybridized carbons (Fsp3) is 0.438. The number of alkyl carbamates (subject to hydrolysis) is 1. The minimum absolute atomic E-state index is 0.166. The second kappa shape index (κ2) is 7.65. The minimum atomic E-state index is -0.516. The summed E-state index contributed by atoms with van der Waals surface area (Å²) in [5, 5.41) is 2.60. The van der Waals surface area contributed by atoms with Crippen molar-refractivity contribution in [3.05, 3.63) is 35.1 Å². The van der Waals surface area contributed by atoms with Gasteiger partial charge in [0.25, 0.3) is 0 Å². The zero-order chi connectivity index (χ0) is 15.9. The lowest BCUT2D eigenvalue weighted by Crippen LogP contribution is -2.32. The van der Waals surface area contributed by atoms with Crippen LogP contribution in [0.4, 0.5) is 9.18 Å². The molecule has 1 amide bonds. The number of ether oxygens (including phenoxy) is 1. The molecule has 0 aromatic heterocycles. The average molecular weight is 292 g/mol. The van der Waals surface area contributed by atoms with Crippen LogP contribution >= 0.6 is 0 Å². The number of nitrogens with one attached hydrogen (secondary N) is 1. The van der Waals surface area contributed by atoms with Crippen LogP contribution in [0, 0.1) is 17.7 Å². The summed E-state index contributed by atoms with van der Waals surface area (Å²) in [5.41, 5.74) is 5.92. The standard InChI is InChI=1S/C16H21FN2O2/c1-16(2,3)21-15(20)19-9-5-4-6-12-7-8-13(11-18)14(17)10-12/h7-8,10H,5,9,11,18H2,1-3H3,(H,19,20). The normalized spacial score (nSPS) is 10.5. The molecule has 0 saturated heterocycles. The van der Waals surface area contributed by atoms with Crippen LogP contribution < -0.4 is 11.1 Å². The maximum atomic E-state index is 13.5. The lowest BCUT2D eigenvalue weighted by molar-refractivity contribution is 0.0529. The van der Waals surface area contributed by atoms with Crippen LogP contribution in [0.2, 0.25) is 0 Å². The van der Waals surface area contributed by atoms with E-state index in [9.17, 15) is 9.18 Å². The number of hydrogen-bond acceptors (Lipinski definition) is 3. The Morgan fingerprint density at radius 1 is 1.43 bits per heavy atom. The minimum Gasteiger partial charge on any atom is -0.444 e. The zero-order valence-electron chi connectivity index (χ0n) is 12.6. The van der Waals surface area contributed by atoms with Crippen LogP contribution in [0.15, 0.2) is 18.2 Å². The topological polar surface area (TPSA) is 64.3 Å². The number of nitrogens with two attached hydrogens (primary N) is 1. The second-order valence-electron chi connectivity index (χ2n) is 5.49. The summed E-state index contributed by atoms with van der Waals surface area (Å²) in [6.07, 6.45) is -0.0119. The first-order chi connectivity index (χ1) is 9.81. The molecule has 0 atom stereocenters. The van der Waals surface area contributed by atoms with Gasteiger partial charge in [-0.05, 0) is 32.9 Å². The van der Waals surface area contributed by atoms with Gasteiger partial charge in [-0.1, -0.05) is 17.9 Å². The third-order valence-corrected chi connectivity index (χ3v) is 2.42. The van der Waals surface area contributed by atoms with Crippen molar-refractivity contribution in [3.63, 3.8) is 0 Å². The van der Waals surface area contributed by atoms with Gasteiger partial charge in [0.2, 0.25) is 0 Å². The fourth-order valence-corrected chi connectivity index (χ4v) is 1.50. The molecule has 1 aromatic carbocycles. The lowest BCUT2D eigenvalue weighted by Gasteiger charge is -2.19. The van der Waals surface area contributed by atoms with E-state index >= 15 is 0 Å². The van der Waals surface area contributed by atoms with Gasteiger partial charge in [0.15, 0.2) is 0 Å². The van der Waals surface area contributed by atoms with Crippen molar-refractivity contribution >= 4 is 6.09 Å². The summed E-state index contributed by atoms with van der Waals surface area (Å²) in [7, 11) is 0. The quantitative estimate of drug-likeness (QED) is 0.664. The molecule has 114 valence electrons. The van der Waals surface area contributed by atoms with Crippen LogP contribution in [-0.2, 0) is 11.3 Å². The number of carbonyl (C=O) groups is 1. The molecule has 0 aliphatic heterocycles. The summed E-state index contributed by atoms with van der Waals surface area (Å²) in [6, 6.07) is 4.70. The Morgan fingerprint density at radius 3 is 2.71 bits per heavy atom. The Bertz CT molecular complexity index is 554. The Labute approximate surface area is 124 Å². The monoisotopic (exact) mass is 292 g/mol. The van der Waals surface area contributed by atoms with Gasteiger partial charge in [-0.15, -0.1) is 0 Å². The van der Waals surface area contributed by atoms with E-state index in [2.05, 4.69) is 17.2 Å². The van der Waals surface area contributed by atoms with E-state index in [4.69, 9.17) is 10.5 Å². The Balaban J connectivity index is 2.40. The van der Waals surface area contributed by atoms with Gasteiger partial charge in [0, 0.05) is 30.6 Å². The van der Waals surface area contributed by atoms with Crippen molar-refractivity contribution in [2.45, 2.75) is 39.3 Å². The summed E-state index contributed by atoms with van der Waals surface area (Å²) < 4.78 is 18.6. The molecule has 4 nitrogen and oxygen atoms in total. The summed E-state index contributed by atoms with van der Waals surface area (Å²) in [4.78, 5) is 11.4. The first-order valence-electron chi connectivity index (χ1n) is 6.76. The van der Waals surface area contributed by atoms with E-state index in [1.54, 1.807) is 32.9 Å². The molecule has 0 radical (unpaired) electrons. The fourth-order valence-electron chi connectivity index (χ4n) is 1.50. The maximum absolute atomic E-state index is 13.5. The summed E-state index contributed by atoms with van der Waals surface area (Å²) in [6.45, 7) is 5.94. The van der Waals surface area contributed by atoms with Gasteiger partial charge >= 0.3 is 6.09 Å². The molecule has 0 fully saturated rings. The maximum Gasteiger partial charge on any atom is 0.407 e. The van der Waals surface area contributed by atoms with Crippen molar-refractivity contribution < 1.29 is 13.9 Å². The van der Waals surface area contributed by atoms with Crippen molar-refractivity contribution in [2.75, 3.05) is 6.54 Å². The third kappa shape index (κ3) is 6.77. The Morgan fingerprint density at radius 2 is 2.14 bits per heavy atom. The molecular weight excluding hydrogens is 271 g/mol. The predicted octanol–water partition coefficient (Wildman–Crippen LogP) is 2.55. The SMILES string of the molecule is CC(C)(C)OC(=O)NCCC#Cc1ccc(CN)c(F)c1. The van der Waals surface area contributed by atoms with E-state index in [0.29, 0.717) is 24.1 Å². The molecule has 0 unspecified atom stereocenters. The van der Waals surface area contributed by atoms with E-state index in [1.807, 2.05) is 0 Å². The number of halogens is 1. The van der Waals surface area contributed by atoms with Crippen LogP contribution in [0.3, 0.4) is 0 Å². The number of rotatable bonds is 3. The molecule has 0 heterocycles. The van der Waals surface area contributed by atoms with Gasteiger partial charge in [0.05, 0.1) is 0 Å². The summed E-state index contributed by atoms with van der Waals surface area (Å²) >= 11 is 0. The molecular formula is C16H21FN2O2. The molecule has 5 heteroatoms. The lowest BCUT2D eigenvalue weighted by atomic mass is 10.1. The van der Waals surface area contributed by atoms with Crippen molar-refractivity contribution in [2.24, 2.45) is 5.73 Å². The number of hydrogen-bond donors (Lipinski definition) is 2. The van der Waals surface area contributed by atoms with Crippen LogP contribution in [0.5, 0.6) is 0 Å². The molecule has 1 aromatic rings. The van der Waals surface area contributed by atoms with Gasteiger partial charge < -0.3 is 15.8 Å². The smallest absolute Gasteiger partial charge is 0.407 e. The van der Waals surface area contributed by atoms with E-state index in [-0.39, 0.29) is 12.4 Å². The van der Waals surface area contributed by atoms with E-state index in [0.717, 1.165) is 0 Å². The zero-order valence-corrected chi connectivity index (χ0v) is 12.6. The Kier molecular flexibility index (Phi) is 6.19. The first kappa shape index (κ1) is 17.0. The largest absolute Gasteiger partial charge is 0.444 e. The van der Waals surface area contributed by atoms with Gasteiger partial charge in [-0.3, -0.25) is 0 Å². The van der Waals surface area contributed by atoms with Gasteiger partial charge in [-0.2, -0.15) is 0 Å². The molecule has 0 aliphatic carbocycles. The van der Waals surface area contributed by atoms with Crippen LogP contribution in [0.1, 0.15) is 38.3 Å². The number of carbonyl (C=O) groups excluding carboxylic acids is 1. The molecule has 21 heavy (non-hydrogen) atoms. The van der Waals surface area contributed by atoms with Crippen molar-refractivity contribution in [3.8, 4) is 11.8 Å². The molecule has 0 bridgehead atoms. The second-order valence-corrected chi connectivity index (χ2v) is 5.49. The summed E-state index contributed by atoms with van der Waals surface area (Å²) in [5.74, 6) is 5.35. The van der Waals surface area contributed by atoms with Crippen molar-refractivity contribution in [1.82, 2.24) is 5.32 Å². The van der Waals surface area contributed by atoms with Crippen LogP contribution in [-0.4, -0.2) is 18.2 Å². The van der Waals surface area contributed by atoms with E-state index in [1.165, 1.54) is 6.07 Å². The predicted molar refractivity (Wildman–Crippen MR) is 80.0 cm³/mol. The molecule has 1 rings (SSSR count). The molecule has 0 spiro atoms. The number of benzene rings is 1. The van der Waals surface area contributed by atoms with E-state index < -0.39 is 11.7 Å². The third-order valence-electron chi connectivity index (χ3n) is 2.42. The average Bonchev–Trinajstić information content (AvgIpc) is 2.36. The highest BCUT2D eigenvalue weighted by molar-refractivity contribution is 5.67. The first-order valence-corrected chi connectivity index (χ1v) is 6.76. The van der Waals surface area contributed by atoms with Crippen molar-refractivity contribution in [1.29, 1.82) is 0 Å². The molecule has 0 aliphatic rings.